The fourth-order valence-corrected chi connectivity index (χ4v) is 5.05. The van der Waals surface area contributed by atoms with Crippen LogP contribution in [0, 0.1) is 0 Å². The summed E-state index contributed by atoms with van der Waals surface area (Å²) in [6, 6.07) is 18.8. The Labute approximate surface area is 182 Å². The summed E-state index contributed by atoms with van der Waals surface area (Å²) in [6.45, 7) is 0.454. The predicted molar refractivity (Wildman–Crippen MR) is 117 cm³/mol. The summed E-state index contributed by atoms with van der Waals surface area (Å²) >= 11 is 4.33. The first kappa shape index (κ1) is 21.9. The number of hydrogen-bond acceptors (Lipinski definition) is 9. The van der Waals surface area contributed by atoms with Gasteiger partial charge in [0.2, 0.25) is 0 Å². The molecule has 0 saturated carbocycles. The van der Waals surface area contributed by atoms with Crippen LogP contribution in [0.4, 0.5) is 0 Å². The minimum Gasteiger partial charge on any atom is -0.491 e. The number of thioether (sulfide) groups is 2. The molecule has 1 heterocycles. The summed E-state index contributed by atoms with van der Waals surface area (Å²) in [7, 11) is 0. The van der Waals surface area contributed by atoms with Gasteiger partial charge in [-0.15, -0.1) is 10.2 Å². The molecule has 0 radical (unpaired) electrons. The van der Waals surface area contributed by atoms with Crippen LogP contribution < -0.4 is 9.47 Å². The number of nitrogens with zero attached hydrogens (tertiary/aromatic N) is 2. The smallest absolute Gasteiger partial charge is 0.175 e. The van der Waals surface area contributed by atoms with Crippen LogP contribution in [0.25, 0.3) is 0 Å². The maximum atomic E-state index is 10.1. The normalized spacial score (nSPS) is 13.0. The zero-order valence-corrected chi connectivity index (χ0v) is 18.0. The molecule has 9 heteroatoms. The average Bonchev–Trinajstić information content (AvgIpc) is 3.23. The van der Waals surface area contributed by atoms with Crippen molar-refractivity contribution in [2.45, 2.75) is 20.9 Å². The molecule has 2 unspecified atom stereocenters. The van der Waals surface area contributed by atoms with Crippen LogP contribution in [-0.4, -0.2) is 57.3 Å². The van der Waals surface area contributed by atoms with Gasteiger partial charge in [0.1, 0.15) is 24.7 Å². The molecule has 2 atom stereocenters. The van der Waals surface area contributed by atoms with Crippen LogP contribution >= 0.6 is 34.9 Å². The first-order valence-electron chi connectivity index (χ1n) is 9.00. The number of para-hydroxylation sites is 2. The van der Waals surface area contributed by atoms with Gasteiger partial charge in [0.25, 0.3) is 0 Å². The van der Waals surface area contributed by atoms with E-state index < -0.39 is 12.2 Å². The number of hydrogen-bond donors (Lipinski definition) is 2. The summed E-state index contributed by atoms with van der Waals surface area (Å²) in [5, 5.41) is 28.4. The van der Waals surface area contributed by atoms with E-state index in [1.165, 1.54) is 34.9 Å². The van der Waals surface area contributed by atoms with Crippen molar-refractivity contribution in [2.24, 2.45) is 0 Å². The lowest BCUT2D eigenvalue weighted by atomic mass is 10.3. The molecule has 3 rings (SSSR count). The highest BCUT2D eigenvalue weighted by atomic mass is 32.2. The van der Waals surface area contributed by atoms with E-state index in [2.05, 4.69) is 10.2 Å². The number of aliphatic hydroxyl groups excluding tert-OH is 2. The Morgan fingerprint density at radius 2 is 1.14 bits per heavy atom. The lowest BCUT2D eigenvalue weighted by Crippen LogP contribution is -2.20. The minimum absolute atomic E-state index is 0.227. The molecule has 0 amide bonds. The lowest BCUT2D eigenvalue weighted by molar-refractivity contribution is 0.126. The van der Waals surface area contributed by atoms with Crippen molar-refractivity contribution >= 4 is 34.9 Å². The van der Waals surface area contributed by atoms with E-state index in [0.717, 1.165) is 20.2 Å². The van der Waals surface area contributed by atoms with E-state index >= 15 is 0 Å². The summed E-state index contributed by atoms with van der Waals surface area (Å²) < 4.78 is 12.6. The summed E-state index contributed by atoms with van der Waals surface area (Å²) in [4.78, 5) is 0. The summed E-state index contributed by atoms with van der Waals surface area (Å²) in [5.41, 5.74) is 0. The Balaban J connectivity index is 1.32. The molecular formula is C20H22N2O4S3. The standard InChI is InChI=1S/C20H22N2O4S3/c23-15(11-25-17-7-3-1-4-8-17)13-27-19-21-22-20(29-19)28-14-16(24)12-26-18-9-5-2-6-10-18/h1-10,15-16,23-24H,11-14H2. The van der Waals surface area contributed by atoms with Gasteiger partial charge in [0.05, 0.1) is 12.2 Å². The first-order valence-corrected chi connectivity index (χ1v) is 11.8. The van der Waals surface area contributed by atoms with E-state index in [9.17, 15) is 10.2 Å². The molecule has 0 spiro atoms. The molecule has 0 bridgehead atoms. The largest absolute Gasteiger partial charge is 0.491 e. The maximum Gasteiger partial charge on any atom is 0.175 e. The maximum absolute atomic E-state index is 10.1. The summed E-state index contributed by atoms with van der Waals surface area (Å²) in [5.74, 6) is 2.42. The van der Waals surface area contributed by atoms with Gasteiger partial charge in [0, 0.05) is 11.5 Å². The van der Waals surface area contributed by atoms with Gasteiger partial charge in [0.15, 0.2) is 8.68 Å². The van der Waals surface area contributed by atoms with Gasteiger partial charge < -0.3 is 19.7 Å². The molecule has 6 nitrogen and oxygen atoms in total. The predicted octanol–water partition coefficient (Wildman–Crippen LogP) is 3.60. The molecule has 3 aromatic rings. The first-order chi connectivity index (χ1) is 14.2. The molecule has 0 fully saturated rings. The van der Waals surface area contributed by atoms with Gasteiger partial charge >= 0.3 is 0 Å². The third-order valence-corrected chi connectivity index (χ3v) is 7.04. The van der Waals surface area contributed by atoms with Crippen LogP contribution in [-0.2, 0) is 0 Å². The van der Waals surface area contributed by atoms with E-state index in [-0.39, 0.29) is 13.2 Å². The highest BCUT2D eigenvalue weighted by Gasteiger charge is 2.12. The van der Waals surface area contributed by atoms with Crippen molar-refractivity contribution < 1.29 is 19.7 Å². The number of aliphatic hydroxyl groups is 2. The fourth-order valence-electron chi connectivity index (χ4n) is 2.16. The van der Waals surface area contributed by atoms with Crippen LogP contribution in [0.5, 0.6) is 11.5 Å². The van der Waals surface area contributed by atoms with E-state index in [1.807, 2.05) is 60.7 Å². The number of aromatic nitrogens is 2. The van der Waals surface area contributed by atoms with Gasteiger partial charge in [-0.3, -0.25) is 0 Å². The van der Waals surface area contributed by atoms with Crippen LogP contribution in [0.1, 0.15) is 0 Å². The monoisotopic (exact) mass is 450 g/mol. The third-order valence-electron chi connectivity index (χ3n) is 3.56. The molecule has 0 aliphatic carbocycles. The van der Waals surface area contributed by atoms with Gasteiger partial charge in [-0.1, -0.05) is 71.3 Å². The number of benzene rings is 2. The Morgan fingerprint density at radius 1 is 0.724 bits per heavy atom. The Hall–Kier alpha value is -1.78. The van der Waals surface area contributed by atoms with Gasteiger partial charge in [-0.25, -0.2) is 0 Å². The molecule has 2 aromatic carbocycles. The molecule has 2 N–H and O–H groups in total. The second-order valence-electron chi connectivity index (χ2n) is 6.01. The molecule has 0 aliphatic rings. The Bertz CT molecular complexity index is 768. The molecular weight excluding hydrogens is 428 g/mol. The van der Waals surface area contributed by atoms with Gasteiger partial charge in [-0.2, -0.15) is 0 Å². The van der Waals surface area contributed by atoms with Crippen molar-refractivity contribution in [3.63, 3.8) is 0 Å². The second kappa shape index (κ2) is 12.0. The van der Waals surface area contributed by atoms with Crippen molar-refractivity contribution in [1.29, 1.82) is 0 Å². The van der Waals surface area contributed by atoms with Gasteiger partial charge in [-0.05, 0) is 24.3 Å². The average molecular weight is 451 g/mol. The molecule has 154 valence electrons. The van der Waals surface area contributed by atoms with Crippen molar-refractivity contribution in [1.82, 2.24) is 10.2 Å². The second-order valence-corrected chi connectivity index (χ2v) is 9.52. The SMILES string of the molecule is OC(COc1ccccc1)CSc1nnc(SCC(O)COc2ccccc2)s1. The molecule has 0 saturated heterocycles. The zero-order valence-electron chi connectivity index (χ0n) is 15.6. The number of rotatable bonds is 12. The lowest BCUT2D eigenvalue weighted by Gasteiger charge is -2.11. The minimum atomic E-state index is -0.600. The highest BCUT2D eigenvalue weighted by Crippen LogP contribution is 2.29. The van der Waals surface area contributed by atoms with Crippen molar-refractivity contribution in [3.05, 3.63) is 60.7 Å². The van der Waals surface area contributed by atoms with E-state index in [0.29, 0.717) is 11.5 Å². The fraction of sp³-hybridized carbons (Fsp3) is 0.300. The highest BCUT2D eigenvalue weighted by molar-refractivity contribution is 8.03. The van der Waals surface area contributed by atoms with E-state index in [1.54, 1.807) is 0 Å². The Kier molecular flexibility index (Phi) is 9.10. The van der Waals surface area contributed by atoms with Crippen LogP contribution in [0.2, 0.25) is 0 Å². The molecule has 1 aromatic heterocycles. The molecule has 0 aliphatic heterocycles. The summed E-state index contributed by atoms with van der Waals surface area (Å²) in [6.07, 6.45) is -1.20. The van der Waals surface area contributed by atoms with Crippen LogP contribution in [0.3, 0.4) is 0 Å². The third kappa shape index (κ3) is 8.23. The number of ether oxygens (including phenoxy) is 2. The van der Waals surface area contributed by atoms with E-state index in [4.69, 9.17) is 9.47 Å². The Morgan fingerprint density at radius 3 is 1.55 bits per heavy atom. The van der Waals surface area contributed by atoms with Crippen molar-refractivity contribution in [3.8, 4) is 11.5 Å². The quantitative estimate of drug-likeness (QED) is 0.405. The van der Waals surface area contributed by atoms with Crippen molar-refractivity contribution in [2.75, 3.05) is 24.7 Å². The topological polar surface area (TPSA) is 84.7 Å². The zero-order chi connectivity index (χ0) is 20.3. The van der Waals surface area contributed by atoms with Crippen LogP contribution in [0.15, 0.2) is 69.3 Å². The molecule has 29 heavy (non-hydrogen) atoms.